The van der Waals surface area contributed by atoms with Crippen molar-refractivity contribution in [2.75, 3.05) is 5.32 Å². The molecule has 3 heterocycles. The highest BCUT2D eigenvalue weighted by Crippen LogP contribution is 2.33. The monoisotopic (exact) mass is 434 g/mol. The normalized spacial score (nSPS) is 10.8. The molecule has 0 aliphatic carbocycles. The smallest absolute Gasteiger partial charge is 0.233 e. The summed E-state index contributed by atoms with van der Waals surface area (Å²) in [6, 6.07) is 20.5. The fourth-order valence-electron chi connectivity index (χ4n) is 3.66. The Balaban J connectivity index is 1.62. The number of para-hydroxylation sites is 1. The number of anilines is 1. The van der Waals surface area contributed by atoms with Crippen molar-refractivity contribution in [3.8, 4) is 28.8 Å². The van der Waals surface area contributed by atoms with Crippen molar-refractivity contribution in [2.24, 2.45) is 0 Å². The second kappa shape index (κ2) is 8.44. The molecule has 0 saturated heterocycles. The summed E-state index contributed by atoms with van der Waals surface area (Å²) < 4.78 is 12.2. The molecular formula is C26H18N4O3. The van der Waals surface area contributed by atoms with Crippen molar-refractivity contribution < 1.29 is 8.83 Å². The zero-order chi connectivity index (χ0) is 22.8. The summed E-state index contributed by atoms with van der Waals surface area (Å²) in [7, 11) is 0. The van der Waals surface area contributed by atoms with Gasteiger partial charge in [-0.05, 0) is 30.7 Å². The van der Waals surface area contributed by atoms with Gasteiger partial charge >= 0.3 is 0 Å². The van der Waals surface area contributed by atoms with Crippen LogP contribution in [0.5, 0.6) is 0 Å². The van der Waals surface area contributed by atoms with Crippen molar-refractivity contribution in [1.29, 1.82) is 5.26 Å². The number of fused-ring (bicyclic) bond motifs is 1. The zero-order valence-electron chi connectivity index (χ0n) is 17.7. The van der Waals surface area contributed by atoms with Crippen molar-refractivity contribution in [2.45, 2.75) is 13.5 Å². The van der Waals surface area contributed by atoms with E-state index in [1.54, 1.807) is 37.5 Å². The molecule has 0 radical (unpaired) electrons. The van der Waals surface area contributed by atoms with Crippen LogP contribution in [0, 0.1) is 18.3 Å². The van der Waals surface area contributed by atoms with E-state index >= 15 is 0 Å². The van der Waals surface area contributed by atoms with E-state index in [1.807, 2.05) is 42.5 Å². The predicted molar refractivity (Wildman–Crippen MR) is 124 cm³/mol. The second-order valence-corrected chi connectivity index (χ2v) is 7.46. The molecular weight excluding hydrogens is 416 g/mol. The first kappa shape index (κ1) is 20.2. The number of oxazole rings is 1. The highest BCUT2D eigenvalue weighted by atomic mass is 16.4. The standard InChI is InChI=1S/C26H18N4O3/c1-16-22(31)19-10-5-11-20(24(19)32-23(16)18-8-3-2-4-9-18)25-30-21(13-27)26(33-25)29-15-17-7-6-12-28-14-17/h2-12,14,29H,15H2,1H3. The number of rotatable bonds is 5. The first-order valence-corrected chi connectivity index (χ1v) is 10.3. The number of benzene rings is 2. The van der Waals surface area contributed by atoms with Crippen LogP contribution in [-0.4, -0.2) is 9.97 Å². The quantitative estimate of drug-likeness (QED) is 0.400. The maximum Gasteiger partial charge on any atom is 0.233 e. The first-order valence-electron chi connectivity index (χ1n) is 10.3. The molecule has 0 saturated carbocycles. The Morgan fingerprint density at radius 2 is 1.88 bits per heavy atom. The molecule has 0 amide bonds. The van der Waals surface area contributed by atoms with Crippen molar-refractivity contribution in [3.05, 3.63) is 100 Å². The molecule has 0 atom stereocenters. The molecule has 7 nitrogen and oxygen atoms in total. The van der Waals surface area contributed by atoms with Gasteiger partial charge in [0.25, 0.3) is 0 Å². The molecule has 5 aromatic rings. The van der Waals surface area contributed by atoms with Gasteiger partial charge in [0.15, 0.2) is 11.0 Å². The number of hydrogen-bond acceptors (Lipinski definition) is 7. The highest BCUT2D eigenvalue weighted by molar-refractivity contribution is 5.91. The molecule has 1 N–H and O–H groups in total. The van der Waals surface area contributed by atoms with Gasteiger partial charge in [0.2, 0.25) is 17.5 Å². The zero-order valence-corrected chi connectivity index (χ0v) is 17.7. The lowest BCUT2D eigenvalue weighted by Crippen LogP contribution is -2.07. The van der Waals surface area contributed by atoms with Crippen molar-refractivity contribution >= 4 is 16.9 Å². The third-order valence-electron chi connectivity index (χ3n) is 5.32. The Labute approximate surface area is 189 Å². The lowest BCUT2D eigenvalue weighted by atomic mass is 10.0. The van der Waals surface area contributed by atoms with Crippen LogP contribution < -0.4 is 10.7 Å². The second-order valence-electron chi connectivity index (χ2n) is 7.46. The van der Waals surface area contributed by atoms with E-state index in [0.29, 0.717) is 34.4 Å². The Morgan fingerprint density at radius 1 is 1.03 bits per heavy atom. The van der Waals surface area contributed by atoms with Crippen molar-refractivity contribution in [3.63, 3.8) is 0 Å². The number of nitrogens with zero attached hydrogens (tertiary/aromatic N) is 3. The van der Waals surface area contributed by atoms with Gasteiger partial charge in [-0.2, -0.15) is 10.2 Å². The number of nitrogens with one attached hydrogen (secondary N) is 1. The van der Waals surface area contributed by atoms with Crippen LogP contribution in [0.25, 0.3) is 33.7 Å². The average molecular weight is 434 g/mol. The van der Waals surface area contributed by atoms with E-state index in [1.165, 1.54) is 0 Å². The fourth-order valence-corrected chi connectivity index (χ4v) is 3.66. The Hall–Kier alpha value is -4.70. The predicted octanol–water partition coefficient (Wildman–Crippen LogP) is 5.30. The molecule has 0 spiro atoms. The minimum Gasteiger partial charge on any atom is -0.455 e. The van der Waals surface area contributed by atoms with Crippen LogP contribution in [0.3, 0.4) is 0 Å². The Bertz CT molecular complexity index is 1550. The minimum absolute atomic E-state index is 0.114. The van der Waals surface area contributed by atoms with E-state index in [2.05, 4.69) is 21.4 Å². The Kier molecular flexibility index (Phi) is 5.17. The van der Waals surface area contributed by atoms with E-state index in [-0.39, 0.29) is 22.9 Å². The third kappa shape index (κ3) is 3.75. The van der Waals surface area contributed by atoms with Crippen molar-refractivity contribution in [1.82, 2.24) is 9.97 Å². The summed E-state index contributed by atoms with van der Waals surface area (Å²) in [5, 5.41) is 13.1. The largest absolute Gasteiger partial charge is 0.455 e. The van der Waals surface area contributed by atoms with E-state index in [9.17, 15) is 10.1 Å². The fraction of sp³-hybridized carbons (Fsp3) is 0.0769. The van der Waals surface area contributed by atoms with Gasteiger partial charge in [-0.25, -0.2) is 0 Å². The number of pyridine rings is 1. The van der Waals surface area contributed by atoms with Gasteiger partial charge in [-0.1, -0.05) is 42.5 Å². The maximum atomic E-state index is 13.1. The Morgan fingerprint density at radius 3 is 2.64 bits per heavy atom. The van der Waals surface area contributed by atoms with Crippen LogP contribution >= 0.6 is 0 Å². The molecule has 160 valence electrons. The lowest BCUT2D eigenvalue weighted by molar-refractivity contribution is 0.578. The molecule has 3 aromatic heterocycles. The summed E-state index contributed by atoms with van der Waals surface area (Å²) in [6.45, 7) is 2.17. The molecule has 0 aliphatic heterocycles. The number of aromatic nitrogens is 2. The van der Waals surface area contributed by atoms with Crippen LogP contribution in [0.2, 0.25) is 0 Å². The van der Waals surface area contributed by atoms with Gasteiger partial charge in [-0.15, -0.1) is 0 Å². The summed E-state index contributed by atoms with van der Waals surface area (Å²) in [6.07, 6.45) is 3.42. The molecule has 2 aromatic carbocycles. The van der Waals surface area contributed by atoms with Gasteiger partial charge in [0, 0.05) is 30.1 Å². The molecule has 33 heavy (non-hydrogen) atoms. The molecule has 0 fully saturated rings. The lowest BCUT2D eigenvalue weighted by Gasteiger charge is -2.09. The number of nitriles is 1. The van der Waals surface area contributed by atoms with Crippen LogP contribution in [0.1, 0.15) is 16.8 Å². The molecule has 0 unspecified atom stereocenters. The van der Waals surface area contributed by atoms with E-state index in [0.717, 1.165) is 11.1 Å². The number of hydrogen-bond donors (Lipinski definition) is 1. The van der Waals surface area contributed by atoms with Gasteiger partial charge in [-0.3, -0.25) is 9.78 Å². The summed E-state index contributed by atoms with van der Waals surface area (Å²) in [5.74, 6) is 0.922. The van der Waals surface area contributed by atoms with Crippen LogP contribution in [0.4, 0.5) is 5.88 Å². The summed E-state index contributed by atoms with van der Waals surface area (Å²) in [4.78, 5) is 21.5. The SMILES string of the molecule is Cc1c(-c2ccccc2)oc2c(-c3nc(C#N)c(NCc4cccnc4)o3)cccc2c1=O. The maximum absolute atomic E-state index is 13.1. The average Bonchev–Trinajstić information content (AvgIpc) is 3.29. The van der Waals surface area contributed by atoms with Gasteiger partial charge < -0.3 is 14.2 Å². The minimum atomic E-state index is -0.126. The third-order valence-corrected chi connectivity index (χ3v) is 5.32. The summed E-state index contributed by atoms with van der Waals surface area (Å²) >= 11 is 0. The van der Waals surface area contributed by atoms with Gasteiger partial charge in [0.1, 0.15) is 11.8 Å². The topological polar surface area (TPSA) is 105 Å². The first-order chi connectivity index (χ1) is 16.2. The van der Waals surface area contributed by atoms with E-state index in [4.69, 9.17) is 8.83 Å². The highest BCUT2D eigenvalue weighted by Gasteiger charge is 2.20. The van der Waals surface area contributed by atoms with E-state index < -0.39 is 0 Å². The summed E-state index contributed by atoms with van der Waals surface area (Å²) in [5.41, 5.74) is 3.09. The molecule has 0 aliphatic rings. The van der Waals surface area contributed by atoms with Crippen LogP contribution in [0.15, 0.2) is 86.7 Å². The molecule has 0 bridgehead atoms. The van der Waals surface area contributed by atoms with Gasteiger partial charge in [0.05, 0.1) is 10.9 Å². The van der Waals surface area contributed by atoms with Crippen LogP contribution in [-0.2, 0) is 6.54 Å². The molecule has 5 rings (SSSR count). The molecule has 7 heteroatoms.